The fraction of sp³-hybridized carbons (Fsp3) is 0.231. The van der Waals surface area contributed by atoms with E-state index in [9.17, 15) is 5.11 Å². The Bertz CT molecular complexity index is 416. The maximum Gasteiger partial charge on any atom is 0.180 e. The monoisotopic (exact) mass is 233 g/mol. The number of allylic oxidation sites excluding steroid dienone is 1. The summed E-state index contributed by atoms with van der Waals surface area (Å²) >= 11 is 1.47. The average Bonchev–Trinajstić information content (AvgIpc) is 2.57. The molecule has 1 aliphatic rings. The van der Waals surface area contributed by atoms with Gasteiger partial charge in [0.15, 0.2) is 5.56 Å². The van der Waals surface area contributed by atoms with E-state index < -0.39 is 5.56 Å². The lowest BCUT2D eigenvalue weighted by atomic mass is 10.1. The number of hydrogen-bond donors (Lipinski definition) is 1. The fourth-order valence-electron chi connectivity index (χ4n) is 1.80. The first-order valence-electron chi connectivity index (χ1n) is 5.22. The van der Waals surface area contributed by atoms with Gasteiger partial charge in [-0.15, -0.1) is 13.2 Å². The third kappa shape index (κ3) is 2.01. The number of rotatable bonds is 4. The van der Waals surface area contributed by atoms with Crippen molar-refractivity contribution in [1.82, 2.24) is 0 Å². The van der Waals surface area contributed by atoms with Gasteiger partial charge < -0.3 is 10.0 Å². The van der Waals surface area contributed by atoms with Gasteiger partial charge >= 0.3 is 0 Å². The van der Waals surface area contributed by atoms with Crippen LogP contribution in [0.3, 0.4) is 0 Å². The number of fused-ring (bicyclic) bond motifs is 1. The summed E-state index contributed by atoms with van der Waals surface area (Å²) in [5.74, 6) is 0. The van der Waals surface area contributed by atoms with Crippen LogP contribution in [-0.4, -0.2) is 17.2 Å². The second-order valence-corrected chi connectivity index (χ2v) is 4.78. The summed E-state index contributed by atoms with van der Waals surface area (Å²) in [6, 6.07) is 6.26. The first kappa shape index (κ1) is 11.3. The fourth-order valence-corrected chi connectivity index (χ4v) is 2.80. The predicted octanol–water partition coefficient (Wildman–Crippen LogP) is 2.79. The molecule has 1 aromatic carbocycles. The van der Waals surface area contributed by atoms with Crippen molar-refractivity contribution in [2.45, 2.75) is 16.9 Å². The van der Waals surface area contributed by atoms with E-state index in [0.717, 1.165) is 17.0 Å². The van der Waals surface area contributed by atoms with Crippen molar-refractivity contribution >= 4 is 17.4 Å². The molecule has 2 nitrogen and oxygen atoms in total. The summed E-state index contributed by atoms with van der Waals surface area (Å²) in [5.41, 5.74) is 1.82. The Balaban J connectivity index is 2.33. The number of nitrogens with zero attached hydrogens (tertiary/aromatic N) is 1. The van der Waals surface area contributed by atoms with Crippen LogP contribution in [0.1, 0.15) is 5.56 Å². The summed E-state index contributed by atoms with van der Waals surface area (Å²) in [7, 11) is 0. The molecule has 3 heteroatoms. The van der Waals surface area contributed by atoms with E-state index in [1.165, 1.54) is 17.3 Å². The third-order valence-corrected chi connectivity index (χ3v) is 3.60. The van der Waals surface area contributed by atoms with E-state index in [4.69, 9.17) is 0 Å². The van der Waals surface area contributed by atoms with Crippen LogP contribution in [0.4, 0.5) is 5.69 Å². The van der Waals surface area contributed by atoms with Crippen molar-refractivity contribution < 1.29 is 5.11 Å². The molecule has 1 N–H and O–H groups in total. The first-order valence-corrected chi connectivity index (χ1v) is 6.10. The normalized spacial score (nSPS) is 18.3. The summed E-state index contributed by atoms with van der Waals surface area (Å²) in [4.78, 5) is 3.07. The standard InChI is InChI=1S/C13H15NOS/c1-3-5-10-6-7-12-11(9-10)14(8-4-2)13(15)16-12/h3-4,6-7,9,13,15H,1-2,5,8H2. The molecular weight excluding hydrogens is 218 g/mol. The van der Waals surface area contributed by atoms with Gasteiger partial charge in [0.25, 0.3) is 0 Å². The minimum atomic E-state index is -0.494. The van der Waals surface area contributed by atoms with Gasteiger partial charge in [0, 0.05) is 11.4 Å². The molecule has 1 aromatic rings. The van der Waals surface area contributed by atoms with Crippen LogP contribution in [-0.2, 0) is 6.42 Å². The van der Waals surface area contributed by atoms with E-state index >= 15 is 0 Å². The van der Waals surface area contributed by atoms with Gasteiger partial charge in [0.05, 0.1) is 5.69 Å². The molecule has 84 valence electrons. The molecule has 2 rings (SSSR count). The van der Waals surface area contributed by atoms with Gasteiger partial charge in [-0.2, -0.15) is 0 Å². The highest BCUT2D eigenvalue weighted by atomic mass is 32.2. The Hall–Kier alpha value is -1.19. The Labute approximate surface area is 100 Å². The van der Waals surface area contributed by atoms with Crippen molar-refractivity contribution in [3.05, 3.63) is 49.1 Å². The van der Waals surface area contributed by atoms with Crippen LogP contribution in [0.25, 0.3) is 0 Å². The number of hydrogen-bond acceptors (Lipinski definition) is 3. The number of thioether (sulfide) groups is 1. The predicted molar refractivity (Wildman–Crippen MR) is 69.7 cm³/mol. The van der Waals surface area contributed by atoms with Crippen LogP contribution >= 0.6 is 11.8 Å². The van der Waals surface area contributed by atoms with E-state index in [0.29, 0.717) is 6.54 Å². The maximum absolute atomic E-state index is 9.88. The maximum atomic E-state index is 9.88. The summed E-state index contributed by atoms with van der Waals surface area (Å²) in [5, 5.41) is 9.88. The zero-order valence-corrected chi connectivity index (χ0v) is 9.91. The molecule has 0 amide bonds. The molecule has 0 bridgehead atoms. The highest BCUT2D eigenvalue weighted by molar-refractivity contribution is 8.00. The van der Waals surface area contributed by atoms with Crippen molar-refractivity contribution in [1.29, 1.82) is 0 Å². The van der Waals surface area contributed by atoms with Crippen molar-refractivity contribution in [2.75, 3.05) is 11.4 Å². The number of aliphatic hydroxyl groups excluding tert-OH is 1. The lowest BCUT2D eigenvalue weighted by molar-refractivity contribution is 0.263. The van der Waals surface area contributed by atoms with Crippen molar-refractivity contribution in [2.24, 2.45) is 0 Å². The van der Waals surface area contributed by atoms with E-state index in [1.807, 2.05) is 11.0 Å². The molecule has 1 unspecified atom stereocenters. The van der Waals surface area contributed by atoms with Crippen LogP contribution in [0, 0.1) is 0 Å². The zero-order valence-electron chi connectivity index (χ0n) is 9.10. The smallest absolute Gasteiger partial charge is 0.180 e. The molecular formula is C13H15NOS. The van der Waals surface area contributed by atoms with Crippen molar-refractivity contribution in [3.8, 4) is 0 Å². The van der Waals surface area contributed by atoms with Crippen LogP contribution in [0.5, 0.6) is 0 Å². The molecule has 0 saturated carbocycles. The molecule has 0 aromatic heterocycles. The van der Waals surface area contributed by atoms with Gasteiger partial charge in [0.1, 0.15) is 0 Å². The minimum absolute atomic E-state index is 0.494. The SMILES string of the molecule is C=CCc1ccc2c(c1)N(CC=C)C(O)S2. The van der Waals surface area contributed by atoms with Gasteiger partial charge in [-0.25, -0.2) is 0 Å². The quantitative estimate of drug-likeness (QED) is 0.809. The largest absolute Gasteiger partial charge is 0.364 e. The molecule has 0 spiro atoms. The van der Waals surface area contributed by atoms with Gasteiger partial charge in [0.2, 0.25) is 0 Å². The molecule has 0 aliphatic carbocycles. The second-order valence-electron chi connectivity index (χ2n) is 3.68. The molecule has 0 fully saturated rings. The topological polar surface area (TPSA) is 23.5 Å². The third-order valence-electron chi connectivity index (χ3n) is 2.54. The molecule has 0 saturated heterocycles. The van der Waals surface area contributed by atoms with E-state index in [1.54, 1.807) is 6.08 Å². The molecule has 0 radical (unpaired) electrons. The lowest BCUT2D eigenvalue weighted by Gasteiger charge is -2.20. The summed E-state index contributed by atoms with van der Waals surface area (Å²) in [6.07, 6.45) is 4.55. The van der Waals surface area contributed by atoms with Gasteiger partial charge in [-0.05, 0) is 24.1 Å². The highest BCUT2D eigenvalue weighted by Gasteiger charge is 2.27. The highest BCUT2D eigenvalue weighted by Crippen LogP contribution is 2.42. The van der Waals surface area contributed by atoms with E-state index in [2.05, 4.69) is 31.4 Å². The number of benzene rings is 1. The Morgan fingerprint density at radius 2 is 2.19 bits per heavy atom. The minimum Gasteiger partial charge on any atom is -0.364 e. The lowest BCUT2D eigenvalue weighted by Crippen LogP contribution is -2.28. The average molecular weight is 233 g/mol. The molecule has 1 atom stereocenters. The van der Waals surface area contributed by atoms with Gasteiger partial charge in [-0.3, -0.25) is 0 Å². The van der Waals surface area contributed by atoms with Crippen LogP contribution in [0.2, 0.25) is 0 Å². The van der Waals surface area contributed by atoms with E-state index in [-0.39, 0.29) is 0 Å². The van der Waals surface area contributed by atoms with Crippen LogP contribution < -0.4 is 4.90 Å². The molecule has 16 heavy (non-hydrogen) atoms. The summed E-state index contributed by atoms with van der Waals surface area (Å²) in [6.45, 7) is 8.11. The first-order chi connectivity index (χ1) is 7.76. The number of aliphatic hydroxyl groups is 1. The van der Waals surface area contributed by atoms with Gasteiger partial charge in [-0.1, -0.05) is 30.0 Å². The Morgan fingerprint density at radius 3 is 2.88 bits per heavy atom. The second kappa shape index (κ2) is 4.76. The molecule has 1 aliphatic heterocycles. The molecule has 1 heterocycles. The Morgan fingerprint density at radius 1 is 1.38 bits per heavy atom. The van der Waals surface area contributed by atoms with Crippen molar-refractivity contribution in [3.63, 3.8) is 0 Å². The number of anilines is 1. The summed E-state index contributed by atoms with van der Waals surface area (Å²) < 4.78 is 0. The van der Waals surface area contributed by atoms with Crippen LogP contribution in [0.15, 0.2) is 48.4 Å². The zero-order chi connectivity index (χ0) is 11.5. The Kier molecular flexibility index (Phi) is 3.36.